The summed E-state index contributed by atoms with van der Waals surface area (Å²) in [7, 11) is 0. The molecule has 6 aromatic rings. The molecule has 3 aliphatic carbocycles. The lowest BCUT2D eigenvalue weighted by molar-refractivity contribution is 0.649. The van der Waals surface area contributed by atoms with Gasteiger partial charge in [-0.1, -0.05) is 124 Å². The summed E-state index contributed by atoms with van der Waals surface area (Å²) in [4.78, 5) is 1.35. The van der Waals surface area contributed by atoms with Crippen molar-refractivity contribution in [2.75, 3.05) is 0 Å². The van der Waals surface area contributed by atoms with E-state index in [0.717, 1.165) is 0 Å². The highest BCUT2D eigenvalue weighted by molar-refractivity contribution is 7.22. The van der Waals surface area contributed by atoms with Gasteiger partial charge in [0.15, 0.2) is 0 Å². The lowest BCUT2D eigenvalue weighted by Gasteiger charge is -2.25. The van der Waals surface area contributed by atoms with E-state index in [1.807, 2.05) is 39.0 Å². The topological polar surface area (TPSA) is 0 Å². The predicted octanol–water partition coefficient (Wildman–Crippen LogP) is 13.5. The van der Waals surface area contributed by atoms with Crippen LogP contribution in [-0.2, 0) is 16.2 Å². The number of thiophene rings is 1. The summed E-state index contributed by atoms with van der Waals surface area (Å²) in [6.45, 7) is 22.5. The number of hydrogen-bond donors (Lipinski definition) is 0. The summed E-state index contributed by atoms with van der Waals surface area (Å²) >= 11 is 1.89. The molecule has 9 rings (SSSR count). The second-order valence-corrected chi connectivity index (χ2v) is 15.3. The average molecular weight is 619 g/mol. The Labute approximate surface area is 280 Å². The molecule has 5 aromatic carbocycles. The fraction of sp³-hybridized carbons (Fsp3) is 0.289. The first-order valence-electron chi connectivity index (χ1n) is 17.2. The predicted molar refractivity (Wildman–Crippen MR) is 203 cm³/mol. The second-order valence-electron chi connectivity index (χ2n) is 14.2. The second kappa shape index (κ2) is 10.5. The van der Waals surface area contributed by atoms with Crippen molar-refractivity contribution in [1.29, 1.82) is 0 Å². The Morgan fingerprint density at radius 1 is 0.391 bits per heavy atom. The molecule has 1 heteroatoms. The van der Waals surface area contributed by atoms with E-state index >= 15 is 0 Å². The van der Waals surface area contributed by atoms with Gasteiger partial charge < -0.3 is 0 Å². The Morgan fingerprint density at radius 3 is 1.39 bits per heavy atom. The molecule has 0 N–H and O–H groups in total. The molecule has 46 heavy (non-hydrogen) atoms. The van der Waals surface area contributed by atoms with Crippen molar-refractivity contribution in [3.05, 3.63) is 130 Å². The Bertz CT molecular complexity index is 2130. The number of hydrogen-bond acceptors (Lipinski definition) is 1. The first-order valence-corrected chi connectivity index (χ1v) is 18.0. The zero-order valence-electron chi connectivity index (χ0n) is 29.1. The molecule has 0 nitrogen and oxygen atoms in total. The van der Waals surface area contributed by atoms with Crippen LogP contribution in [0.5, 0.6) is 0 Å². The molecule has 0 saturated heterocycles. The van der Waals surface area contributed by atoms with Crippen LogP contribution in [0.25, 0.3) is 53.9 Å². The molecular weight excluding hydrogens is 573 g/mol. The van der Waals surface area contributed by atoms with E-state index in [1.165, 1.54) is 87.3 Å². The van der Waals surface area contributed by atoms with Crippen LogP contribution >= 0.6 is 11.3 Å². The third kappa shape index (κ3) is 4.04. The minimum Gasteiger partial charge on any atom is -0.135 e. The van der Waals surface area contributed by atoms with E-state index in [2.05, 4.69) is 139 Å². The lowest BCUT2D eigenvalue weighted by atomic mass is 9.78. The Balaban J connectivity index is 0.000000815. The highest BCUT2D eigenvalue weighted by Crippen LogP contribution is 2.59. The highest BCUT2D eigenvalue weighted by atomic mass is 32.1. The van der Waals surface area contributed by atoms with E-state index in [1.54, 1.807) is 0 Å². The maximum absolute atomic E-state index is 2.55. The maximum atomic E-state index is 2.55. The molecule has 0 saturated carbocycles. The Hall–Kier alpha value is -3.94. The van der Waals surface area contributed by atoms with Crippen LogP contribution in [0.1, 0.15) is 103 Å². The first kappa shape index (κ1) is 30.7. The van der Waals surface area contributed by atoms with E-state index in [9.17, 15) is 0 Å². The van der Waals surface area contributed by atoms with Gasteiger partial charge in [0.25, 0.3) is 0 Å². The van der Waals surface area contributed by atoms with Crippen molar-refractivity contribution < 1.29 is 0 Å². The molecule has 1 heterocycles. The average Bonchev–Trinajstić information content (AvgIpc) is 3.74. The molecule has 0 spiro atoms. The van der Waals surface area contributed by atoms with Gasteiger partial charge in [0, 0.05) is 25.8 Å². The summed E-state index contributed by atoms with van der Waals surface area (Å²) in [5, 5.41) is 1.33. The minimum atomic E-state index is -0.0640. The van der Waals surface area contributed by atoms with Crippen molar-refractivity contribution in [3.63, 3.8) is 0 Å². The van der Waals surface area contributed by atoms with Gasteiger partial charge >= 0.3 is 0 Å². The summed E-state index contributed by atoms with van der Waals surface area (Å²) in [6.07, 6.45) is 0. The van der Waals surface area contributed by atoms with E-state index in [0.29, 0.717) is 0 Å². The van der Waals surface area contributed by atoms with Gasteiger partial charge in [0.05, 0.1) is 0 Å². The molecular formula is C45H46S. The van der Waals surface area contributed by atoms with E-state index in [-0.39, 0.29) is 16.2 Å². The van der Waals surface area contributed by atoms with Gasteiger partial charge in [-0.05, 0) is 120 Å². The summed E-state index contributed by atoms with van der Waals surface area (Å²) in [5.74, 6) is 0. The molecule has 0 unspecified atom stereocenters. The van der Waals surface area contributed by atoms with Gasteiger partial charge in [-0.25, -0.2) is 0 Å². The molecule has 0 aliphatic heterocycles. The fourth-order valence-corrected chi connectivity index (χ4v) is 9.49. The SMILES string of the molecule is CC.CC.CC1(C)c2ccccc2-c2cc3c(cc21)-c1cc2c(cc1C3(C)C)-c1ccc(-c3cc4ccccc4s3)cc1C2(C)C. The van der Waals surface area contributed by atoms with Gasteiger partial charge in [-0.15, -0.1) is 11.3 Å². The molecule has 0 bridgehead atoms. The monoisotopic (exact) mass is 618 g/mol. The normalized spacial score (nSPS) is 16.1. The van der Waals surface area contributed by atoms with Crippen LogP contribution in [0.4, 0.5) is 0 Å². The minimum absolute atomic E-state index is 0.00306. The standard InChI is InChI=1S/C41H34S.2C2H6/c1-39(2)31-13-9-8-12-25(31)27-19-35-29(21-33(27)39)30-22-34-28(20-36(30)41(35,5)6)26-16-15-24(17-32(26)40(34,3)4)38-18-23-11-7-10-14-37(23)42-38;2*1-2/h7-22H,1-6H3;2*1-2H3. The van der Waals surface area contributed by atoms with Crippen molar-refractivity contribution in [2.24, 2.45) is 0 Å². The van der Waals surface area contributed by atoms with Crippen LogP contribution < -0.4 is 0 Å². The van der Waals surface area contributed by atoms with Crippen molar-refractivity contribution in [1.82, 2.24) is 0 Å². The molecule has 232 valence electrons. The lowest BCUT2D eigenvalue weighted by Crippen LogP contribution is -2.17. The molecule has 0 atom stereocenters. The summed E-state index contributed by atoms with van der Waals surface area (Å²) in [5.41, 5.74) is 18.4. The quantitative estimate of drug-likeness (QED) is 0.172. The third-order valence-corrected chi connectivity index (χ3v) is 12.0. The van der Waals surface area contributed by atoms with E-state index in [4.69, 9.17) is 0 Å². The molecule has 0 fully saturated rings. The van der Waals surface area contributed by atoms with Crippen LogP contribution in [0.15, 0.2) is 97.1 Å². The van der Waals surface area contributed by atoms with Gasteiger partial charge in [0.1, 0.15) is 0 Å². The van der Waals surface area contributed by atoms with Crippen molar-refractivity contribution in [3.8, 4) is 43.8 Å². The molecule has 3 aliphatic rings. The Kier molecular flexibility index (Phi) is 7.04. The first-order chi connectivity index (χ1) is 22.1. The van der Waals surface area contributed by atoms with Crippen LogP contribution in [0, 0.1) is 0 Å². The van der Waals surface area contributed by atoms with Crippen molar-refractivity contribution >= 4 is 21.4 Å². The number of rotatable bonds is 1. The largest absolute Gasteiger partial charge is 0.135 e. The van der Waals surface area contributed by atoms with Gasteiger partial charge in [-0.2, -0.15) is 0 Å². The van der Waals surface area contributed by atoms with Crippen LogP contribution in [-0.4, -0.2) is 0 Å². The third-order valence-electron chi connectivity index (χ3n) is 10.9. The van der Waals surface area contributed by atoms with Crippen LogP contribution in [0.2, 0.25) is 0 Å². The zero-order chi connectivity index (χ0) is 32.8. The number of fused-ring (bicyclic) bond motifs is 10. The fourth-order valence-electron chi connectivity index (χ4n) is 8.43. The maximum Gasteiger partial charge on any atom is 0.0355 e. The van der Waals surface area contributed by atoms with Crippen LogP contribution in [0.3, 0.4) is 0 Å². The Morgan fingerprint density at radius 2 is 0.826 bits per heavy atom. The van der Waals surface area contributed by atoms with Gasteiger partial charge in [-0.3, -0.25) is 0 Å². The number of benzene rings is 5. The smallest absolute Gasteiger partial charge is 0.0355 e. The molecule has 0 radical (unpaired) electrons. The molecule has 0 amide bonds. The molecule has 1 aromatic heterocycles. The summed E-state index contributed by atoms with van der Waals surface area (Å²) < 4.78 is 1.35. The van der Waals surface area contributed by atoms with E-state index < -0.39 is 0 Å². The zero-order valence-corrected chi connectivity index (χ0v) is 30.0. The highest BCUT2D eigenvalue weighted by Gasteiger charge is 2.44. The van der Waals surface area contributed by atoms with Gasteiger partial charge in [0.2, 0.25) is 0 Å². The summed E-state index contributed by atoms with van der Waals surface area (Å²) in [6, 6.07) is 37.4. The van der Waals surface area contributed by atoms with Crippen molar-refractivity contribution in [2.45, 2.75) is 85.5 Å².